The third-order valence-corrected chi connectivity index (χ3v) is 2.86. The predicted molar refractivity (Wildman–Crippen MR) is 73.9 cm³/mol. The topological polar surface area (TPSA) is 105 Å². The molecule has 0 saturated carbocycles. The zero-order valence-electron chi connectivity index (χ0n) is 10.6. The zero-order chi connectivity index (χ0) is 14.1. The molecule has 0 bridgehead atoms. The highest BCUT2D eigenvalue weighted by atomic mass is 19.1. The molecule has 0 atom stereocenters. The van der Waals surface area contributed by atoms with Crippen molar-refractivity contribution >= 4 is 28.5 Å². The molecular weight excluding hydrogens is 261 g/mol. The second kappa shape index (κ2) is 4.74. The quantitative estimate of drug-likeness (QED) is 0.428. The number of benzene rings is 1. The molecule has 0 aliphatic carbocycles. The van der Waals surface area contributed by atoms with Crippen LogP contribution in [0.1, 0.15) is 5.56 Å². The average Bonchev–Trinajstić information content (AvgIpc) is 2.91. The molecule has 0 fully saturated rings. The molecule has 0 aliphatic rings. The van der Waals surface area contributed by atoms with Crippen molar-refractivity contribution in [3.63, 3.8) is 0 Å². The van der Waals surface area contributed by atoms with Gasteiger partial charge in [0.1, 0.15) is 11.6 Å². The van der Waals surface area contributed by atoms with Crippen LogP contribution in [-0.4, -0.2) is 20.2 Å². The highest BCUT2D eigenvalue weighted by Gasteiger charge is 2.09. The van der Waals surface area contributed by atoms with E-state index in [1.165, 1.54) is 6.07 Å². The van der Waals surface area contributed by atoms with Crippen LogP contribution in [-0.2, 0) is 0 Å². The number of hydrogen-bond acceptors (Lipinski definition) is 6. The largest absolute Gasteiger partial charge is 0.339 e. The van der Waals surface area contributed by atoms with Gasteiger partial charge in [0, 0.05) is 5.69 Å². The van der Waals surface area contributed by atoms with Crippen LogP contribution >= 0.6 is 0 Å². The van der Waals surface area contributed by atoms with Crippen LogP contribution in [0.25, 0.3) is 11.0 Å². The number of aryl methyl sites for hydroxylation is 1. The molecule has 1 aromatic carbocycles. The van der Waals surface area contributed by atoms with Crippen molar-refractivity contribution in [3.05, 3.63) is 35.8 Å². The second-order valence-corrected chi connectivity index (χ2v) is 4.26. The number of hydrogen-bond donors (Lipinski definition) is 4. The van der Waals surface area contributed by atoms with Gasteiger partial charge >= 0.3 is 0 Å². The summed E-state index contributed by atoms with van der Waals surface area (Å²) in [4.78, 5) is 8.35. The second-order valence-electron chi connectivity index (χ2n) is 4.26. The van der Waals surface area contributed by atoms with E-state index in [2.05, 4.69) is 30.9 Å². The summed E-state index contributed by atoms with van der Waals surface area (Å²) >= 11 is 0. The molecule has 0 unspecified atom stereocenters. The SMILES string of the molecule is Cc1cc(Nc2nc(NN)nc3[nH]ncc23)ccc1F. The van der Waals surface area contributed by atoms with E-state index in [0.717, 1.165) is 0 Å². The summed E-state index contributed by atoms with van der Waals surface area (Å²) in [6.45, 7) is 1.70. The lowest BCUT2D eigenvalue weighted by Gasteiger charge is -2.09. The number of aromatic nitrogens is 4. The molecular formula is C12H12FN7. The number of nitrogens with zero attached hydrogens (tertiary/aromatic N) is 3. The van der Waals surface area contributed by atoms with Gasteiger partial charge in [-0.15, -0.1) is 0 Å². The summed E-state index contributed by atoms with van der Waals surface area (Å²) in [5.74, 6) is 5.86. The molecule has 0 saturated heterocycles. The number of hydrazine groups is 1. The maximum Gasteiger partial charge on any atom is 0.241 e. The summed E-state index contributed by atoms with van der Waals surface area (Å²) in [5, 5.41) is 10.5. The number of fused-ring (bicyclic) bond motifs is 1. The van der Waals surface area contributed by atoms with Gasteiger partial charge in [0.05, 0.1) is 11.6 Å². The molecule has 20 heavy (non-hydrogen) atoms. The van der Waals surface area contributed by atoms with Crippen molar-refractivity contribution in [1.82, 2.24) is 20.2 Å². The van der Waals surface area contributed by atoms with Gasteiger partial charge in [0.2, 0.25) is 5.95 Å². The number of nitrogens with two attached hydrogens (primary N) is 1. The van der Waals surface area contributed by atoms with Crippen LogP contribution in [0, 0.1) is 12.7 Å². The van der Waals surface area contributed by atoms with E-state index in [1.54, 1.807) is 25.3 Å². The Balaban J connectivity index is 2.04. The first kappa shape index (κ1) is 12.3. The number of halogens is 1. The Morgan fingerprint density at radius 3 is 2.90 bits per heavy atom. The Morgan fingerprint density at radius 2 is 2.15 bits per heavy atom. The van der Waals surface area contributed by atoms with Crippen molar-refractivity contribution in [2.45, 2.75) is 6.92 Å². The van der Waals surface area contributed by atoms with Gasteiger partial charge in [-0.1, -0.05) is 0 Å². The van der Waals surface area contributed by atoms with Crippen LogP contribution < -0.4 is 16.6 Å². The van der Waals surface area contributed by atoms with Crippen molar-refractivity contribution in [1.29, 1.82) is 0 Å². The monoisotopic (exact) mass is 273 g/mol. The van der Waals surface area contributed by atoms with Crippen LogP contribution in [0.4, 0.5) is 21.8 Å². The molecule has 5 N–H and O–H groups in total. The van der Waals surface area contributed by atoms with Gasteiger partial charge in [0.15, 0.2) is 5.65 Å². The van der Waals surface area contributed by atoms with Gasteiger partial charge < -0.3 is 5.32 Å². The molecule has 7 nitrogen and oxygen atoms in total. The minimum Gasteiger partial charge on any atom is -0.339 e. The van der Waals surface area contributed by atoms with Gasteiger partial charge in [-0.3, -0.25) is 10.5 Å². The molecule has 0 spiro atoms. The highest BCUT2D eigenvalue weighted by molar-refractivity contribution is 5.89. The Labute approximate surface area is 113 Å². The van der Waals surface area contributed by atoms with E-state index in [9.17, 15) is 4.39 Å². The van der Waals surface area contributed by atoms with E-state index in [0.29, 0.717) is 28.1 Å². The molecule has 2 aromatic heterocycles. The fraction of sp³-hybridized carbons (Fsp3) is 0.0833. The molecule has 2 heterocycles. The molecule has 3 rings (SSSR count). The van der Waals surface area contributed by atoms with Crippen LogP contribution in [0.3, 0.4) is 0 Å². The third-order valence-electron chi connectivity index (χ3n) is 2.86. The zero-order valence-corrected chi connectivity index (χ0v) is 10.6. The lowest BCUT2D eigenvalue weighted by atomic mass is 10.2. The van der Waals surface area contributed by atoms with E-state index in [4.69, 9.17) is 5.84 Å². The molecule has 8 heteroatoms. The fourth-order valence-corrected chi connectivity index (χ4v) is 1.85. The third kappa shape index (κ3) is 2.12. The van der Waals surface area contributed by atoms with Crippen molar-refractivity contribution in [2.24, 2.45) is 5.84 Å². The molecule has 3 aromatic rings. The van der Waals surface area contributed by atoms with Gasteiger partial charge in [0.25, 0.3) is 0 Å². The summed E-state index contributed by atoms with van der Waals surface area (Å²) in [7, 11) is 0. The highest BCUT2D eigenvalue weighted by Crippen LogP contribution is 2.24. The number of H-pyrrole nitrogens is 1. The van der Waals surface area contributed by atoms with Crippen LogP contribution in [0.2, 0.25) is 0 Å². The van der Waals surface area contributed by atoms with Crippen molar-refractivity contribution in [3.8, 4) is 0 Å². The fourth-order valence-electron chi connectivity index (χ4n) is 1.85. The summed E-state index contributed by atoms with van der Waals surface area (Å²) in [6, 6.07) is 4.72. The lowest BCUT2D eigenvalue weighted by Crippen LogP contribution is -2.11. The Kier molecular flexibility index (Phi) is 2.92. The average molecular weight is 273 g/mol. The minimum absolute atomic E-state index is 0.253. The maximum atomic E-state index is 13.3. The Morgan fingerprint density at radius 1 is 1.30 bits per heavy atom. The molecule has 0 amide bonds. The van der Waals surface area contributed by atoms with Crippen molar-refractivity contribution in [2.75, 3.05) is 10.7 Å². The number of anilines is 3. The summed E-state index contributed by atoms with van der Waals surface area (Å²) in [5.41, 5.74) is 4.20. The van der Waals surface area contributed by atoms with E-state index in [-0.39, 0.29) is 11.8 Å². The predicted octanol–water partition coefficient (Wildman–Crippen LogP) is 1.83. The maximum absolute atomic E-state index is 13.3. The lowest BCUT2D eigenvalue weighted by molar-refractivity contribution is 0.619. The van der Waals surface area contributed by atoms with E-state index >= 15 is 0 Å². The first-order chi connectivity index (χ1) is 9.67. The Hall–Kier alpha value is -2.74. The summed E-state index contributed by atoms with van der Waals surface area (Å²) < 4.78 is 13.3. The first-order valence-electron chi connectivity index (χ1n) is 5.88. The number of aromatic amines is 1. The van der Waals surface area contributed by atoms with Gasteiger partial charge in [-0.05, 0) is 30.7 Å². The first-order valence-corrected chi connectivity index (χ1v) is 5.88. The normalized spacial score (nSPS) is 10.8. The number of nitrogens with one attached hydrogen (secondary N) is 3. The smallest absolute Gasteiger partial charge is 0.241 e. The molecule has 0 aliphatic heterocycles. The van der Waals surface area contributed by atoms with Crippen LogP contribution in [0.15, 0.2) is 24.4 Å². The standard InChI is InChI=1S/C12H12FN7/c1-6-4-7(2-3-9(6)13)16-10-8-5-15-20-11(8)18-12(17-10)19-14/h2-5H,14H2,1H3,(H3,15,16,17,18,19,20). The van der Waals surface area contributed by atoms with Crippen molar-refractivity contribution < 1.29 is 4.39 Å². The van der Waals surface area contributed by atoms with Gasteiger partial charge in [-0.2, -0.15) is 15.1 Å². The van der Waals surface area contributed by atoms with E-state index < -0.39 is 0 Å². The number of nitrogen functional groups attached to an aromatic ring is 1. The van der Waals surface area contributed by atoms with Crippen LogP contribution in [0.5, 0.6) is 0 Å². The minimum atomic E-state index is -0.254. The number of rotatable bonds is 3. The Bertz CT molecular complexity index is 768. The van der Waals surface area contributed by atoms with Gasteiger partial charge in [-0.25, -0.2) is 10.2 Å². The summed E-state index contributed by atoms with van der Waals surface area (Å²) in [6.07, 6.45) is 1.61. The molecule has 0 radical (unpaired) electrons. The molecule has 102 valence electrons. The van der Waals surface area contributed by atoms with E-state index in [1.807, 2.05) is 0 Å².